The molecule has 0 aromatic rings. The number of rotatable bonds is 3. The molecule has 1 aliphatic heterocycles. The minimum absolute atomic E-state index is 0.449. The van der Waals surface area contributed by atoms with Crippen molar-refractivity contribution in [1.82, 2.24) is 10.2 Å². The number of amides is 4. The van der Waals surface area contributed by atoms with Crippen LogP contribution in [0.4, 0.5) is 0 Å². The number of carbonyl (C=O) groups is 4. The van der Waals surface area contributed by atoms with Gasteiger partial charge in [-0.15, -0.1) is 0 Å². The van der Waals surface area contributed by atoms with E-state index in [1.165, 1.54) is 12.2 Å². The first kappa shape index (κ1) is 14.3. The second-order valence-electron chi connectivity index (χ2n) is 3.44. The molecule has 0 aromatic carbocycles. The van der Waals surface area contributed by atoms with E-state index in [1.54, 1.807) is 0 Å². The molecule has 0 radical (unpaired) electrons. The summed E-state index contributed by atoms with van der Waals surface area (Å²) in [5, 5.41) is 2.22. The van der Waals surface area contributed by atoms with Gasteiger partial charge in [-0.05, 0) is 12.5 Å². The van der Waals surface area contributed by atoms with Gasteiger partial charge in [-0.3, -0.25) is 19.2 Å². The molecule has 0 saturated carbocycles. The maximum atomic E-state index is 11.7. The van der Waals surface area contributed by atoms with Gasteiger partial charge in [0.25, 0.3) is 17.7 Å². The highest BCUT2D eigenvalue weighted by Crippen LogP contribution is 2.02. The van der Waals surface area contributed by atoms with Crippen molar-refractivity contribution in [2.24, 2.45) is 0 Å². The predicted molar refractivity (Wildman–Crippen MR) is 67.2 cm³/mol. The summed E-state index contributed by atoms with van der Waals surface area (Å²) in [6, 6.07) is 0. The van der Waals surface area contributed by atoms with Crippen molar-refractivity contribution < 1.29 is 19.2 Å². The average molecular weight is 260 g/mol. The summed E-state index contributed by atoms with van der Waals surface area (Å²) >= 11 is 0. The van der Waals surface area contributed by atoms with Gasteiger partial charge in [0.15, 0.2) is 0 Å². The zero-order valence-electron chi connectivity index (χ0n) is 10.0. The van der Waals surface area contributed by atoms with Crippen molar-refractivity contribution in [3.05, 3.63) is 49.2 Å². The molecule has 1 heterocycles. The Balaban J connectivity index is 2.80. The first-order chi connectivity index (χ1) is 9.06. The Hall–Kier alpha value is -2.76. The largest absolute Gasteiger partial charge is 0.329 e. The van der Waals surface area contributed by atoms with E-state index in [9.17, 15) is 19.2 Å². The van der Waals surface area contributed by atoms with Gasteiger partial charge in [-0.1, -0.05) is 18.7 Å². The molecule has 0 spiro atoms. The van der Waals surface area contributed by atoms with E-state index in [2.05, 4.69) is 11.9 Å². The van der Waals surface area contributed by atoms with Gasteiger partial charge < -0.3 is 5.32 Å². The highest BCUT2D eigenvalue weighted by Gasteiger charge is 2.23. The van der Waals surface area contributed by atoms with Crippen LogP contribution in [-0.2, 0) is 19.2 Å². The maximum absolute atomic E-state index is 11.7. The molecule has 1 aliphatic rings. The number of allylic oxidation sites excluding steroid dienone is 2. The summed E-state index contributed by atoms with van der Waals surface area (Å²) in [6.45, 7) is 3.23. The van der Waals surface area contributed by atoms with Gasteiger partial charge in [0.1, 0.15) is 0 Å². The Morgan fingerprint density at radius 3 is 2.32 bits per heavy atom. The fourth-order valence-electron chi connectivity index (χ4n) is 1.22. The van der Waals surface area contributed by atoms with E-state index in [0.29, 0.717) is 11.3 Å². The Morgan fingerprint density at radius 1 is 1.21 bits per heavy atom. The monoisotopic (exact) mass is 260 g/mol. The van der Waals surface area contributed by atoms with Gasteiger partial charge in [0.2, 0.25) is 5.91 Å². The molecule has 98 valence electrons. The molecule has 0 aromatic heterocycles. The van der Waals surface area contributed by atoms with Crippen molar-refractivity contribution in [3.8, 4) is 0 Å². The lowest BCUT2D eigenvalue weighted by atomic mass is 10.2. The summed E-state index contributed by atoms with van der Waals surface area (Å²) in [6.07, 6.45) is 8.80. The van der Waals surface area contributed by atoms with E-state index >= 15 is 0 Å². The number of nitrogens with one attached hydrogen (secondary N) is 1. The summed E-state index contributed by atoms with van der Waals surface area (Å²) in [4.78, 5) is 46.2. The Morgan fingerprint density at radius 2 is 1.79 bits per heavy atom. The van der Waals surface area contributed by atoms with Crippen LogP contribution in [-0.4, -0.2) is 28.5 Å². The highest BCUT2D eigenvalue weighted by atomic mass is 16.2. The normalized spacial score (nSPS) is 15.3. The molecule has 0 aliphatic carbocycles. The number of hydrogen-bond acceptors (Lipinski definition) is 4. The molecule has 1 rings (SSSR count). The molecule has 19 heavy (non-hydrogen) atoms. The first-order valence-electron chi connectivity index (χ1n) is 5.41. The zero-order valence-corrected chi connectivity index (χ0v) is 10.0. The maximum Gasteiger partial charge on any atom is 0.262 e. The van der Waals surface area contributed by atoms with Crippen molar-refractivity contribution in [2.75, 3.05) is 0 Å². The summed E-state index contributed by atoms with van der Waals surface area (Å²) in [5.74, 6) is -2.79. The second kappa shape index (κ2) is 6.85. The van der Waals surface area contributed by atoms with Crippen LogP contribution in [0.5, 0.6) is 0 Å². The SMILES string of the molecule is C=CC(=O)NC=CC(=O)N1C(=O)C=CCC=CC1=O. The molecule has 6 heteroatoms. The lowest BCUT2D eigenvalue weighted by molar-refractivity contribution is -0.147. The topological polar surface area (TPSA) is 83.6 Å². The van der Waals surface area contributed by atoms with Crippen molar-refractivity contribution in [1.29, 1.82) is 0 Å². The predicted octanol–water partition coefficient (Wildman–Crippen LogP) is 0.200. The van der Waals surface area contributed by atoms with Gasteiger partial charge in [-0.25, -0.2) is 4.90 Å². The summed E-state index contributed by atoms with van der Waals surface area (Å²) < 4.78 is 0. The van der Waals surface area contributed by atoms with E-state index in [4.69, 9.17) is 0 Å². The molecule has 0 atom stereocenters. The third-order valence-electron chi connectivity index (χ3n) is 2.09. The third kappa shape index (κ3) is 4.19. The van der Waals surface area contributed by atoms with E-state index in [0.717, 1.165) is 30.5 Å². The first-order valence-corrected chi connectivity index (χ1v) is 5.41. The van der Waals surface area contributed by atoms with Crippen molar-refractivity contribution >= 4 is 23.6 Å². The second-order valence-corrected chi connectivity index (χ2v) is 3.44. The van der Waals surface area contributed by atoms with Gasteiger partial charge in [-0.2, -0.15) is 0 Å². The van der Waals surface area contributed by atoms with Crippen LogP contribution in [0.25, 0.3) is 0 Å². The Bertz CT molecular complexity index is 491. The standard InChI is InChI=1S/C13H12N2O4/c1-2-10(16)14-9-8-13(19)15-11(17)6-4-3-5-7-12(15)18/h2,4-9H,1,3H2,(H,14,16). The minimum atomic E-state index is -0.837. The van der Waals surface area contributed by atoms with Crippen LogP contribution < -0.4 is 5.32 Å². The molecule has 0 bridgehead atoms. The zero-order chi connectivity index (χ0) is 14.3. The highest BCUT2D eigenvalue weighted by molar-refractivity contribution is 6.19. The minimum Gasteiger partial charge on any atom is -0.329 e. The molecule has 1 N–H and O–H groups in total. The van der Waals surface area contributed by atoms with E-state index in [1.807, 2.05) is 0 Å². The van der Waals surface area contributed by atoms with Crippen LogP contribution >= 0.6 is 0 Å². The lowest BCUT2D eigenvalue weighted by Crippen LogP contribution is -2.39. The number of hydrogen-bond donors (Lipinski definition) is 1. The van der Waals surface area contributed by atoms with Crippen LogP contribution in [0.2, 0.25) is 0 Å². The number of imide groups is 3. The fraction of sp³-hybridized carbons (Fsp3) is 0.0769. The molecule has 0 fully saturated rings. The molecule has 4 amide bonds. The van der Waals surface area contributed by atoms with Gasteiger partial charge in [0, 0.05) is 24.4 Å². The van der Waals surface area contributed by atoms with Crippen LogP contribution in [0.15, 0.2) is 49.2 Å². The van der Waals surface area contributed by atoms with Crippen LogP contribution in [0, 0.1) is 0 Å². The smallest absolute Gasteiger partial charge is 0.262 e. The Kier molecular flexibility index (Phi) is 5.16. The third-order valence-corrected chi connectivity index (χ3v) is 2.09. The molecular formula is C13H12N2O4. The van der Waals surface area contributed by atoms with Gasteiger partial charge >= 0.3 is 0 Å². The quantitative estimate of drug-likeness (QED) is 0.580. The van der Waals surface area contributed by atoms with Crippen LogP contribution in [0.3, 0.4) is 0 Å². The van der Waals surface area contributed by atoms with E-state index in [-0.39, 0.29) is 0 Å². The molecule has 0 unspecified atom stereocenters. The van der Waals surface area contributed by atoms with Crippen molar-refractivity contribution in [2.45, 2.75) is 6.42 Å². The summed E-state index contributed by atoms with van der Waals surface area (Å²) in [5.41, 5.74) is 0. The van der Waals surface area contributed by atoms with Gasteiger partial charge in [0.05, 0.1) is 0 Å². The lowest BCUT2D eigenvalue weighted by Gasteiger charge is -2.14. The number of carbonyl (C=O) groups excluding carboxylic acids is 4. The van der Waals surface area contributed by atoms with Crippen LogP contribution in [0.1, 0.15) is 6.42 Å². The molecule has 0 saturated heterocycles. The molecule has 6 nitrogen and oxygen atoms in total. The van der Waals surface area contributed by atoms with Crippen molar-refractivity contribution in [3.63, 3.8) is 0 Å². The summed E-state index contributed by atoms with van der Waals surface area (Å²) in [7, 11) is 0. The average Bonchev–Trinajstić information content (AvgIpc) is 2.36. The Labute approximate surface area is 109 Å². The molecular weight excluding hydrogens is 248 g/mol. The number of nitrogens with zero attached hydrogens (tertiary/aromatic N) is 1. The fourth-order valence-corrected chi connectivity index (χ4v) is 1.22. The van der Waals surface area contributed by atoms with E-state index < -0.39 is 23.6 Å².